The predicted octanol–water partition coefficient (Wildman–Crippen LogP) is 7.10. The molecule has 0 aromatic rings. The average molecular weight is 323 g/mol. The summed E-state index contributed by atoms with van der Waals surface area (Å²) in [5.74, 6) is 2.69. The molecule has 0 bridgehead atoms. The Morgan fingerprint density at radius 1 is 0.783 bits per heavy atom. The second-order valence-electron chi connectivity index (χ2n) is 8.48. The lowest BCUT2D eigenvalue weighted by molar-refractivity contribution is 0.389. The SMILES string of the molecule is CC(=C[CH]N(C)C)CCCC(C)CCCC(C)CCCC(C)C. The topological polar surface area (TPSA) is 3.24 Å². The molecular formula is C22H44N. The molecule has 2 atom stereocenters. The van der Waals surface area contributed by atoms with Crippen molar-refractivity contribution in [2.24, 2.45) is 17.8 Å². The fourth-order valence-electron chi connectivity index (χ4n) is 3.07. The van der Waals surface area contributed by atoms with Gasteiger partial charge in [0, 0.05) is 6.54 Å². The van der Waals surface area contributed by atoms with E-state index in [-0.39, 0.29) is 0 Å². The second kappa shape index (κ2) is 14.1. The maximum atomic E-state index is 2.44. The molecule has 137 valence electrons. The van der Waals surface area contributed by atoms with Crippen LogP contribution in [0.3, 0.4) is 0 Å². The lowest BCUT2D eigenvalue weighted by atomic mass is 9.91. The van der Waals surface area contributed by atoms with E-state index in [9.17, 15) is 0 Å². The molecule has 2 unspecified atom stereocenters. The standard InChI is InChI=1S/C22H44N/c1-19(2)11-8-12-20(3)13-9-14-21(4)15-10-16-22(5)17-18-23(6)7/h17-21H,8-16H2,1-7H3. The van der Waals surface area contributed by atoms with Gasteiger partial charge in [-0.1, -0.05) is 84.3 Å². The first-order valence-corrected chi connectivity index (χ1v) is 9.98. The molecule has 1 heteroatoms. The zero-order valence-corrected chi connectivity index (χ0v) is 17.2. The summed E-state index contributed by atoms with van der Waals surface area (Å²) in [6.07, 6.45) is 14.8. The summed E-state index contributed by atoms with van der Waals surface area (Å²) in [5.41, 5.74) is 1.50. The van der Waals surface area contributed by atoms with Crippen molar-refractivity contribution in [3.8, 4) is 0 Å². The molecule has 0 N–H and O–H groups in total. The summed E-state index contributed by atoms with van der Waals surface area (Å²) in [6, 6.07) is 0. The molecular weight excluding hydrogens is 278 g/mol. The van der Waals surface area contributed by atoms with Crippen LogP contribution in [0, 0.1) is 24.3 Å². The molecule has 0 rings (SSSR count). The highest BCUT2D eigenvalue weighted by Crippen LogP contribution is 2.22. The van der Waals surface area contributed by atoms with E-state index >= 15 is 0 Å². The van der Waals surface area contributed by atoms with Crippen LogP contribution in [0.5, 0.6) is 0 Å². The van der Waals surface area contributed by atoms with Crippen LogP contribution < -0.4 is 0 Å². The van der Waals surface area contributed by atoms with Crippen molar-refractivity contribution in [3.05, 3.63) is 18.2 Å². The van der Waals surface area contributed by atoms with Crippen LogP contribution in [0.2, 0.25) is 0 Å². The van der Waals surface area contributed by atoms with E-state index in [2.05, 4.69) is 66.2 Å². The van der Waals surface area contributed by atoms with Crippen molar-refractivity contribution in [3.63, 3.8) is 0 Å². The van der Waals surface area contributed by atoms with Crippen LogP contribution >= 0.6 is 0 Å². The summed E-state index contributed by atoms with van der Waals surface area (Å²) < 4.78 is 0. The third-order valence-electron chi connectivity index (χ3n) is 4.80. The van der Waals surface area contributed by atoms with Crippen molar-refractivity contribution in [1.29, 1.82) is 0 Å². The van der Waals surface area contributed by atoms with E-state index < -0.39 is 0 Å². The first kappa shape index (κ1) is 22.7. The monoisotopic (exact) mass is 322 g/mol. The molecule has 0 saturated carbocycles. The zero-order valence-electron chi connectivity index (χ0n) is 17.2. The molecule has 1 nitrogen and oxygen atoms in total. The van der Waals surface area contributed by atoms with Crippen molar-refractivity contribution >= 4 is 0 Å². The number of hydrogen-bond acceptors (Lipinski definition) is 1. The molecule has 0 aliphatic heterocycles. The maximum Gasteiger partial charge on any atom is 0.0466 e. The predicted molar refractivity (Wildman–Crippen MR) is 106 cm³/mol. The fraction of sp³-hybridized carbons (Fsp3) is 0.864. The van der Waals surface area contributed by atoms with Crippen LogP contribution in [-0.2, 0) is 0 Å². The van der Waals surface area contributed by atoms with Crippen LogP contribution in [0.15, 0.2) is 11.6 Å². The van der Waals surface area contributed by atoms with Gasteiger partial charge in [-0.05, 0) is 51.6 Å². The zero-order chi connectivity index (χ0) is 17.7. The number of likely N-dealkylation sites (N-methyl/N-ethyl adjacent to an activating group) is 1. The highest BCUT2D eigenvalue weighted by atomic mass is 15.0. The van der Waals surface area contributed by atoms with Crippen molar-refractivity contribution in [2.75, 3.05) is 14.1 Å². The minimum atomic E-state index is 0.870. The smallest absolute Gasteiger partial charge is 0.0466 e. The lowest BCUT2D eigenvalue weighted by Crippen LogP contribution is -2.05. The van der Waals surface area contributed by atoms with Gasteiger partial charge in [0.25, 0.3) is 0 Å². The number of nitrogens with zero attached hydrogens (tertiary/aromatic N) is 1. The second-order valence-corrected chi connectivity index (χ2v) is 8.48. The third-order valence-corrected chi connectivity index (χ3v) is 4.80. The molecule has 0 amide bonds. The first-order chi connectivity index (χ1) is 10.8. The summed E-state index contributed by atoms with van der Waals surface area (Å²) in [5, 5.41) is 0. The quantitative estimate of drug-likeness (QED) is 0.330. The van der Waals surface area contributed by atoms with Gasteiger partial charge in [0.2, 0.25) is 0 Å². The summed E-state index contributed by atoms with van der Waals surface area (Å²) in [4.78, 5) is 2.11. The van der Waals surface area contributed by atoms with Crippen LogP contribution in [0.25, 0.3) is 0 Å². The third kappa shape index (κ3) is 16.3. The first-order valence-electron chi connectivity index (χ1n) is 9.98. The van der Waals surface area contributed by atoms with E-state index in [0.29, 0.717) is 0 Å². The Morgan fingerprint density at radius 3 is 1.74 bits per heavy atom. The van der Waals surface area contributed by atoms with Gasteiger partial charge in [0.1, 0.15) is 0 Å². The number of allylic oxidation sites excluding steroid dienone is 1. The largest absolute Gasteiger partial charge is 0.301 e. The lowest BCUT2D eigenvalue weighted by Gasteiger charge is -2.15. The Morgan fingerprint density at radius 2 is 1.26 bits per heavy atom. The van der Waals surface area contributed by atoms with Gasteiger partial charge >= 0.3 is 0 Å². The van der Waals surface area contributed by atoms with Crippen LogP contribution in [0.4, 0.5) is 0 Å². The van der Waals surface area contributed by atoms with E-state index in [0.717, 1.165) is 17.8 Å². The van der Waals surface area contributed by atoms with Gasteiger partial charge in [0.15, 0.2) is 0 Å². The highest BCUT2D eigenvalue weighted by Gasteiger charge is 2.06. The summed E-state index contributed by atoms with van der Waals surface area (Å²) in [6.45, 7) is 14.0. The Labute approximate surface area is 147 Å². The fourth-order valence-corrected chi connectivity index (χ4v) is 3.07. The molecule has 0 aromatic carbocycles. The summed E-state index contributed by atoms with van der Waals surface area (Å²) >= 11 is 0. The minimum absolute atomic E-state index is 0.870. The molecule has 0 aliphatic rings. The van der Waals surface area contributed by atoms with E-state index in [1.54, 1.807) is 0 Å². The number of rotatable bonds is 14. The molecule has 0 saturated heterocycles. The molecule has 23 heavy (non-hydrogen) atoms. The normalized spacial score (nSPS) is 15.4. The minimum Gasteiger partial charge on any atom is -0.301 e. The van der Waals surface area contributed by atoms with E-state index in [4.69, 9.17) is 0 Å². The maximum absolute atomic E-state index is 2.44. The van der Waals surface area contributed by atoms with E-state index in [1.807, 2.05) is 0 Å². The molecule has 0 heterocycles. The highest BCUT2D eigenvalue weighted by molar-refractivity contribution is 5.04. The molecule has 0 spiro atoms. The van der Waals surface area contributed by atoms with Crippen LogP contribution in [0.1, 0.15) is 92.4 Å². The van der Waals surface area contributed by atoms with Gasteiger partial charge in [0.05, 0.1) is 0 Å². The van der Waals surface area contributed by atoms with Crippen molar-refractivity contribution in [2.45, 2.75) is 92.4 Å². The van der Waals surface area contributed by atoms with E-state index in [1.165, 1.54) is 63.4 Å². The molecule has 1 radical (unpaired) electrons. The van der Waals surface area contributed by atoms with Crippen molar-refractivity contribution < 1.29 is 0 Å². The van der Waals surface area contributed by atoms with Gasteiger partial charge in [-0.2, -0.15) is 0 Å². The molecule has 0 aliphatic carbocycles. The Balaban J connectivity index is 3.59. The Hall–Kier alpha value is -0.300. The molecule has 0 fully saturated rings. The molecule has 0 aromatic heterocycles. The summed E-state index contributed by atoms with van der Waals surface area (Å²) in [7, 11) is 4.16. The van der Waals surface area contributed by atoms with Crippen LogP contribution in [-0.4, -0.2) is 19.0 Å². The van der Waals surface area contributed by atoms with Gasteiger partial charge < -0.3 is 4.90 Å². The van der Waals surface area contributed by atoms with Gasteiger partial charge in [-0.15, -0.1) is 0 Å². The van der Waals surface area contributed by atoms with Gasteiger partial charge in [-0.25, -0.2) is 0 Å². The van der Waals surface area contributed by atoms with Crippen molar-refractivity contribution in [1.82, 2.24) is 4.90 Å². The average Bonchev–Trinajstić information content (AvgIpc) is 2.44. The Bertz CT molecular complexity index is 290. The Kier molecular flexibility index (Phi) is 13.9. The number of hydrogen-bond donors (Lipinski definition) is 0. The van der Waals surface area contributed by atoms with Gasteiger partial charge in [-0.3, -0.25) is 0 Å².